The Morgan fingerprint density at radius 3 is 2.33 bits per heavy atom. The van der Waals surface area contributed by atoms with Gasteiger partial charge in [-0.2, -0.15) is 0 Å². The molecule has 0 spiro atoms. The minimum absolute atomic E-state index is 1.92. The van der Waals surface area contributed by atoms with Gasteiger partial charge in [-0.3, -0.25) is 0 Å². The van der Waals surface area contributed by atoms with Gasteiger partial charge in [0.25, 0.3) is 7.73 Å². The molecule has 2 nitrogen and oxygen atoms in total. The van der Waals surface area contributed by atoms with Crippen molar-refractivity contribution in [2.24, 2.45) is 0 Å². The van der Waals surface area contributed by atoms with E-state index in [9.17, 15) is 0 Å². The minimum Gasteiger partial charge on any atom is -0.320 e. The molecule has 0 aromatic carbocycles. The van der Waals surface area contributed by atoms with Crippen LogP contribution in [0.25, 0.3) is 0 Å². The van der Waals surface area contributed by atoms with Crippen molar-refractivity contribution < 1.29 is 14.5 Å². The zero-order chi connectivity index (χ0) is 7.99. The van der Waals surface area contributed by atoms with Gasteiger partial charge in [0.1, 0.15) is 0 Å². The molecule has 1 aliphatic heterocycles. The maximum Gasteiger partial charge on any atom is 0.276 e. The molecule has 0 atom stereocenters. The van der Waals surface area contributed by atoms with Crippen LogP contribution >= 0.6 is 19.0 Å². The largest absolute Gasteiger partial charge is 0.320 e. The summed E-state index contributed by atoms with van der Waals surface area (Å²) in [7, 11) is -1.92. The third-order valence-corrected chi connectivity index (χ3v) is 1.16. The van der Waals surface area contributed by atoms with Gasteiger partial charge in [0.15, 0.2) is 0 Å². The highest BCUT2D eigenvalue weighted by molar-refractivity contribution is 7.76. The van der Waals surface area contributed by atoms with Crippen molar-refractivity contribution in [2.75, 3.05) is 13.1 Å². The van der Waals surface area contributed by atoms with Gasteiger partial charge in [-0.05, 0) is 11.2 Å². The molecule has 1 aliphatic rings. The van der Waals surface area contributed by atoms with Crippen LogP contribution in [0.4, 0.5) is 0 Å². The Labute approximate surface area is 47.7 Å². The van der Waals surface area contributed by atoms with Crippen LogP contribution in [0.3, 0.4) is 0 Å². The predicted octanol–water partition coefficient (Wildman–Crippen LogP) is 1.50. The Morgan fingerprint density at radius 1 is 1.67 bits per heavy atom. The highest BCUT2D eigenvalue weighted by Gasteiger charge is 2.11. The lowest BCUT2D eigenvalue weighted by atomic mass is 10.8. The Balaban J connectivity index is 2.78. The zero-order valence-corrected chi connectivity index (χ0v) is 4.29. The molecule has 6 heavy (non-hydrogen) atoms. The second-order valence-corrected chi connectivity index (χ2v) is 2.22. The summed E-state index contributed by atoms with van der Waals surface area (Å²) in [5.41, 5.74) is 0. The summed E-state index contributed by atoms with van der Waals surface area (Å²) in [4.78, 5) is 0. The first-order chi connectivity index (χ1) is 4.35. The first-order valence-corrected chi connectivity index (χ1v) is 3.27. The summed E-state index contributed by atoms with van der Waals surface area (Å²) in [5.74, 6) is 0. The minimum atomic E-state index is -2.43. The number of hydrogen-bond donors (Lipinski definition) is 0. The molecule has 0 radical (unpaired) electrons. The molecule has 0 amide bonds. The monoisotopic (exact) mass is 130 g/mol. The molecule has 0 bridgehead atoms. The molecule has 0 N–H and O–H groups in total. The third-order valence-electron chi connectivity index (χ3n) is 0.276. The number of rotatable bonds is 0. The van der Waals surface area contributed by atoms with E-state index < -0.39 is 20.8 Å². The van der Waals surface area contributed by atoms with Crippen LogP contribution in [-0.4, -0.2) is 13.1 Å². The van der Waals surface area contributed by atoms with E-state index >= 15 is 0 Å². The van der Waals surface area contributed by atoms with E-state index in [1.54, 1.807) is 0 Å². The van der Waals surface area contributed by atoms with Crippen LogP contribution in [0.2, 0.25) is 0 Å². The molecule has 1 heterocycles. The van der Waals surface area contributed by atoms with Gasteiger partial charge in [0.2, 0.25) is 0 Å². The quantitative estimate of drug-likeness (QED) is 0.463. The molecule has 0 aromatic rings. The van der Waals surface area contributed by atoms with Crippen LogP contribution in [0.1, 0.15) is 5.48 Å². The van der Waals surface area contributed by atoms with Crippen LogP contribution < -0.4 is 0 Å². The van der Waals surface area contributed by atoms with Crippen molar-refractivity contribution in [1.29, 1.82) is 0 Å². The molecular weight excluding hydrogens is 122 g/mol. The van der Waals surface area contributed by atoms with E-state index in [0.717, 1.165) is 0 Å². The number of hydrogen-bond acceptors (Lipinski definition) is 2. The van der Waals surface area contributed by atoms with Gasteiger partial charge in [0.05, 0.1) is 18.6 Å². The maximum atomic E-state index is 6.90. The fourth-order valence-electron chi connectivity index (χ4n) is 0.128. The van der Waals surface area contributed by atoms with Crippen molar-refractivity contribution in [3.05, 3.63) is 0 Å². The van der Waals surface area contributed by atoms with Crippen molar-refractivity contribution in [3.8, 4) is 0 Å². The molecule has 0 unspecified atom stereocenters. The maximum absolute atomic E-state index is 6.90. The lowest BCUT2D eigenvalue weighted by molar-refractivity contribution is 0.365. The van der Waals surface area contributed by atoms with Crippen molar-refractivity contribution in [2.45, 2.75) is 0 Å². The zero-order valence-electron chi connectivity index (χ0n) is 6.64. The third kappa shape index (κ3) is 1.05. The highest BCUT2D eigenvalue weighted by Crippen LogP contribution is 2.46. The van der Waals surface area contributed by atoms with Crippen LogP contribution in [0.5, 0.6) is 0 Å². The molecule has 0 aliphatic carbocycles. The second kappa shape index (κ2) is 2.08. The average molecular weight is 131 g/mol. The van der Waals surface area contributed by atoms with E-state index in [-0.39, 0.29) is 0 Å². The molecule has 4 heteroatoms. The fraction of sp³-hybridized carbons (Fsp3) is 1.00. The van der Waals surface area contributed by atoms with Crippen LogP contribution in [-0.2, 0) is 9.05 Å². The van der Waals surface area contributed by atoms with Gasteiger partial charge in [-0.15, -0.1) is 0 Å². The summed E-state index contributed by atoms with van der Waals surface area (Å²) >= 11 is 5.22. The van der Waals surface area contributed by atoms with E-state index in [2.05, 4.69) is 9.05 Å². The molecule has 1 rings (SSSR count). The number of halogens is 1. The Bertz CT molecular complexity index is 136. The van der Waals surface area contributed by atoms with E-state index in [4.69, 9.17) is 16.7 Å². The van der Waals surface area contributed by atoms with Crippen molar-refractivity contribution in [1.82, 2.24) is 0 Å². The summed E-state index contributed by atoms with van der Waals surface area (Å²) in [6.45, 7) is -4.86. The summed E-state index contributed by atoms with van der Waals surface area (Å²) in [5, 5.41) is 0. The second-order valence-electron chi connectivity index (χ2n) is 0.599. The SMILES string of the molecule is [2H]C1([2H])OP(Cl)OC1([2H])[2H]. The molecule has 1 fully saturated rings. The van der Waals surface area contributed by atoms with Crippen molar-refractivity contribution >= 4 is 19.0 Å². The van der Waals surface area contributed by atoms with Gasteiger partial charge in [0, 0.05) is 0 Å². The Kier molecular flexibility index (Phi) is 0.647. The first-order valence-electron chi connectivity index (χ1n) is 3.19. The first kappa shape index (κ1) is 1.87. The molecule has 36 valence electrons. The van der Waals surface area contributed by atoms with Crippen LogP contribution in [0, 0.1) is 0 Å². The fourth-order valence-corrected chi connectivity index (χ4v) is 0.590. The van der Waals surface area contributed by atoms with E-state index in [1.165, 1.54) is 0 Å². The topological polar surface area (TPSA) is 18.5 Å². The lowest BCUT2D eigenvalue weighted by Crippen LogP contribution is -1.79. The van der Waals surface area contributed by atoms with Gasteiger partial charge in [-0.25, -0.2) is 0 Å². The predicted molar refractivity (Wildman–Crippen MR) is 24.7 cm³/mol. The molecular formula is C2H4ClO2P. The molecule has 1 saturated heterocycles. The molecule has 0 aromatic heterocycles. The lowest BCUT2D eigenvalue weighted by Gasteiger charge is -1.89. The smallest absolute Gasteiger partial charge is 0.276 e. The van der Waals surface area contributed by atoms with E-state index in [0.29, 0.717) is 0 Å². The standard InChI is InChI=1S/C2H4ClO2P/c3-6-4-1-2-5-6/h1-2H2/i1D2,2D2. The van der Waals surface area contributed by atoms with Gasteiger partial charge in [-0.1, -0.05) is 0 Å². The normalized spacial score (nSPS) is 52.2. The average Bonchev–Trinajstić information content (AvgIpc) is 1.73. The van der Waals surface area contributed by atoms with E-state index in [1.807, 2.05) is 0 Å². The van der Waals surface area contributed by atoms with Gasteiger partial charge >= 0.3 is 0 Å². The van der Waals surface area contributed by atoms with Crippen LogP contribution in [0.15, 0.2) is 0 Å². The Hall–Kier alpha value is 0.640. The van der Waals surface area contributed by atoms with Gasteiger partial charge < -0.3 is 9.05 Å². The summed E-state index contributed by atoms with van der Waals surface area (Å²) < 4.78 is 36.2. The summed E-state index contributed by atoms with van der Waals surface area (Å²) in [6, 6.07) is 0. The van der Waals surface area contributed by atoms with Crippen molar-refractivity contribution in [3.63, 3.8) is 0 Å². The molecule has 0 saturated carbocycles. The Morgan fingerprint density at radius 2 is 2.17 bits per heavy atom. The summed E-state index contributed by atoms with van der Waals surface area (Å²) in [6.07, 6.45) is 0. The highest BCUT2D eigenvalue weighted by atomic mass is 35.7.